The van der Waals surface area contributed by atoms with E-state index < -0.39 is 0 Å². The standard InChI is InChI=1S/C17H22N4/c1-3-18-17-19-12-13(2)16(20-17)21-11-7-6-9-14-8-4-5-10-15(14)21/h4-5,8,10,12H,3,6-7,9,11H2,1-2H3,(H,18,19,20). The number of anilines is 3. The van der Waals surface area contributed by atoms with E-state index in [1.165, 1.54) is 24.1 Å². The molecule has 0 aliphatic carbocycles. The molecule has 21 heavy (non-hydrogen) atoms. The summed E-state index contributed by atoms with van der Waals surface area (Å²) in [4.78, 5) is 11.4. The maximum atomic E-state index is 4.73. The average molecular weight is 282 g/mol. The number of fused-ring (bicyclic) bond motifs is 1. The Morgan fingerprint density at radius 3 is 2.95 bits per heavy atom. The van der Waals surface area contributed by atoms with Crippen molar-refractivity contribution >= 4 is 17.5 Å². The van der Waals surface area contributed by atoms with E-state index in [0.29, 0.717) is 5.95 Å². The van der Waals surface area contributed by atoms with Gasteiger partial charge in [-0.25, -0.2) is 4.98 Å². The SMILES string of the molecule is CCNc1ncc(C)c(N2CCCCc3ccccc32)n1. The number of aromatic nitrogens is 2. The van der Waals surface area contributed by atoms with E-state index in [1.54, 1.807) is 0 Å². The van der Waals surface area contributed by atoms with Gasteiger partial charge >= 0.3 is 0 Å². The summed E-state index contributed by atoms with van der Waals surface area (Å²) in [6.45, 7) is 5.99. The number of nitrogens with zero attached hydrogens (tertiary/aromatic N) is 3. The third kappa shape index (κ3) is 2.84. The number of hydrogen-bond donors (Lipinski definition) is 1. The van der Waals surface area contributed by atoms with Gasteiger partial charge in [0.05, 0.1) is 0 Å². The highest BCUT2D eigenvalue weighted by Gasteiger charge is 2.19. The van der Waals surface area contributed by atoms with Gasteiger partial charge in [-0.15, -0.1) is 0 Å². The first kappa shape index (κ1) is 13.9. The fourth-order valence-corrected chi connectivity index (χ4v) is 2.86. The van der Waals surface area contributed by atoms with Gasteiger partial charge in [0.15, 0.2) is 0 Å². The molecule has 110 valence electrons. The Labute approximate surface area is 126 Å². The number of benzene rings is 1. The van der Waals surface area contributed by atoms with Crippen LogP contribution in [0, 0.1) is 6.92 Å². The molecule has 0 fully saturated rings. The lowest BCUT2D eigenvalue weighted by molar-refractivity contribution is 0.756. The van der Waals surface area contributed by atoms with Crippen LogP contribution in [0.4, 0.5) is 17.5 Å². The quantitative estimate of drug-likeness (QED) is 0.932. The summed E-state index contributed by atoms with van der Waals surface area (Å²) in [5.74, 6) is 1.73. The Hall–Kier alpha value is -2.10. The minimum absolute atomic E-state index is 0.708. The Kier molecular flexibility index (Phi) is 4.04. The highest BCUT2D eigenvalue weighted by atomic mass is 15.2. The molecule has 3 rings (SSSR count). The molecule has 1 aliphatic rings. The molecule has 0 bridgehead atoms. The third-order valence-corrected chi connectivity index (χ3v) is 3.90. The number of aryl methyl sites for hydroxylation is 2. The van der Waals surface area contributed by atoms with E-state index >= 15 is 0 Å². The lowest BCUT2D eigenvalue weighted by atomic mass is 10.1. The van der Waals surface area contributed by atoms with Crippen molar-refractivity contribution in [3.05, 3.63) is 41.6 Å². The molecule has 1 aliphatic heterocycles. The number of hydrogen-bond acceptors (Lipinski definition) is 4. The minimum Gasteiger partial charge on any atom is -0.354 e. The largest absolute Gasteiger partial charge is 0.354 e. The second-order valence-electron chi connectivity index (χ2n) is 5.47. The van der Waals surface area contributed by atoms with Gasteiger partial charge in [0.2, 0.25) is 5.95 Å². The van der Waals surface area contributed by atoms with Gasteiger partial charge in [-0.3, -0.25) is 0 Å². The van der Waals surface area contributed by atoms with Gasteiger partial charge in [0.25, 0.3) is 0 Å². The van der Waals surface area contributed by atoms with Gasteiger partial charge in [-0.2, -0.15) is 4.98 Å². The molecule has 1 aromatic heterocycles. The molecule has 0 radical (unpaired) electrons. The first-order chi connectivity index (χ1) is 10.3. The summed E-state index contributed by atoms with van der Waals surface area (Å²) in [5.41, 5.74) is 3.82. The van der Waals surface area contributed by atoms with Crippen LogP contribution in [0.15, 0.2) is 30.5 Å². The van der Waals surface area contributed by atoms with Crippen LogP contribution in [0.3, 0.4) is 0 Å². The molecule has 0 amide bonds. The molecule has 0 saturated carbocycles. The highest BCUT2D eigenvalue weighted by Crippen LogP contribution is 2.33. The van der Waals surface area contributed by atoms with Crippen LogP contribution in [0.1, 0.15) is 30.9 Å². The minimum atomic E-state index is 0.708. The predicted octanol–water partition coefficient (Wildman–Crippen LogP) is 3.69. The Morgan fingerprint density at radius 2 is 2.10 bits per heavy atom. The zero-order valence-corrected chi connectivity index (χ0v) is 12.8. The molecule has 0 spiro atoms. The van der Waals surface area contributed by atoms with Crippen LogP contribution >= 0.6 is 0 Å². The Bertz CT molecular complexity index is 624. The lowest BCUT2D eigenvalue weighted by Gasteiger charge is -2.25. The van der Waals surface area contributed by atoms with Crippen molar-refractivity contribution in [2.75, 3.05) is 23.3 Å². The third-order valence-electron chi connectivity index (χ3n) is 3.90. The molecule has 0 atom stereocenters. The maximum absolute atomic E-state index is 4.73. The Balaban J connectivity index is 2.05. The topological polar surface area (TPSA) is 41.1 Å². The summed E-state index contributed by atoms with van der Waals surface area (Å²) in [5, 5.41) is 3.20. The fraction of sp³-hybridized carbons (Fsp3) is 0.412. The number of para-hydroxylation sites is 1. The van der Waals surface area contributed by atoms with Crippen molar-refractivity contribution in [1.29, 1.82) is 0 Å². The van der Waals surface area contributed by atoms with Crippen LogP contribution < -0.4 is 10.2 Å². The second-order valence-corrected chi connectivity index (χ2v) is 5.47. The van der Waals surface area contributed by atoms with Crippen molar-refractivity contribution in [1.82, 2.24) is 9.97 Å². The van der Waals surface area contributed by atoms with E-state index in [1.807, 2.05) is 6.20 Å². The van der Waals surface area contributed by atoms with Crippen molar-refractivity contribution in [2.45, 2.75) is 33.1 Å². The van der Waals surface area contributed by atoms with E-state index in [0.717, 1.165) is 30.9 Å². The van der Waals surface area contributed by atoms with Gasteiger partial charge < -0.3 is 10.2 Å². The zero-order chi connectivity index (χ0) is 14.7. The molecule has 2 heterocycles. The van der Waals surface area contributed by atoms with Gasteiger partial charge in [0.1, 0.15) is 5.82 Å². The van der Waals surface area contributed by atoms with Gasteiger partial charge in [-0.1, -0.05) is 18.2 Å². The first-order valence-corrected chi connectivity index (χ1v) is 7.72. The zero-order valence-electron chi connectivity index (χ0n) is 12.8. The monoisotopic (exact) mass is 282 g/mol. The molecular weight excluding hydrogens is 260 g/mol. The molecule has 0 saturated heterocycles. The van der Waals surface area contributed by atoms with Crippen LogP contribution in [0.2, 0.25) is 0 Å². The second kappa shape index (κ2) is 6.12. The van der Waals surface area contributed by atoms with Crippen molar-refractivity contribution in [2.24, 2.45) is 0 Å². The van der Waals surface area contributed by atoms with Gasteiger partial charge in [0, 0.05) is 30.5 Å². The molecule has 0 unspecified atom stereocenters. The molecule has 4 heteroatoms. The summed E-state index contributed by atoms with van der Waals surface area (Å²) < 4.78 is 0. The molecule has 2 aromatic rings. The average Bonchev–Trinajstić information content (AvgIpc) is 2.72. The maximum Gasteiger partial charge on any atom is 0.224 e. The summed E-state index contributed by atoms with van der Waals surface area (Å²) in [7, 11) is 0. The van der Waals surface area contributed by atoms with Crippen LogP contribution in [-0.4, -0.2) is 23.1 Å². The number of rotatable bonds is 3. The summed E-state index contributed by atoms with van der Waals surface area (Å²) >= 11 is 0. The van der Waals surface area contributed by atoms with Crippen LogP contribution in [0.5, 0.6) is 0 Å². The lowest BCUT2D eigenvalue weighted by Crippen LogP contribution is -2.21. The van der Waals surface area contributed by atoms with E-state index in [-0.39, 0.29) is 0 Å². The molecule has 1 aromatic carbocycles. The predicted molar refractivity (Wildman–Crippen MR) is 87.3 cm³/mol. The highest BCUT2D eigenvalue weighted by molar-refractivity contribution is 5.67. The van der Waals surface area contributed by atoms with E-state index in [2.05, 4.69) is 53.3 Å². The smallest absolute Gasteiger partial charge is 0.224 e. The normalized spacial score (nSPS) is 14.5. The molecule has 1 N–H and O–H groups in total. The first-order valence-electron chi connectivity index (χ1n) is 7.72. The van der Waals surface area contributed by atoms with Crippen molar-refractivity contribution < 1.29 is 0 Å². The summed E-state index contributed by atoms with van der Waals surface area (Å²) in [6, 6.07) is 8.67. The van der Waals surface area contributed by atoms with Crippen LogP contribution in [-0.2, 0) is 6.42 Å². The molecular formula is C17H22N4. The summed E-state index contributed by atoms with van der Waals surface area (Å²) in [6.07, 6.45) is 5.48. The van der Waals surface area contributed by atoms with Crippen molar-refractivity contribution in [3.8, 4) is 0 Å². The van der Waals surface area contributed by atoms with Crippen molar-refractivity contribution in [3.63, 3.8) is 0 Å². The van der Waals surface area contributed by atoms with Gasteiger partial charge in [-0.05, 0) is 44.7 Å². The van der Waals surface area contributed by atoms with E-state index in [9.17, 15) is 0 Å². The van der Waals surface area contributed by atoms with E-state index in [4.69, 9.17) is 4.98 Å². The fourth-order valence-electron chi connectivity index (χ4n) is 2.86. The molecule has 4 nitrogen and oxygen atoms in total. The Morgan fingerprint density at radius 1 is 1.24 bits per heavy atom. The van der Waals surface area contributed by atoms with Crippen LogP contribution in [0.25, 0.3) is 0 Å². The number of nitrogens with one attached hydrogen (secondary N) is 1.